The lowest BCUT2D eigenvalue weighted by molar-refractivity contribution is 0.0696. The van der Waals surface area contributed by atoms with Crippen LogP contribution in [0.2, 0.25) is 5.02 Å². The number of hydrogen-bond donors (Lipinski definition) is 2. The Morgan fingerprint density at radius 2 is 1.87 bits per heavy atom. The van der Waals surface area contributed by atoms with Crippen LogP contribution in [0, 0.1) is 0 Å². The number of carboxylic acids is 1. The lowest BCUT2D eigenvalue weighted by atomic mass is 9.85. The molecule has 1 aromatic rings. The first kappa shape index (κ1) is 11.9. The third-order valence-corrected chi connectivity index (χ3v) is 2.41. The second-order valence-electron chi connectivity index (χ2n) is 4.41. The summed E-state index contributed by atoms with van der Waals surface area (Å²) in [6, 6.07) is 2.69. The number of carboxylic acid groups (broad SMARTS) is 1. The topological polar surface area (TPSA) is 57.5 Å². The molecule has 0 heterocycles. The molecule has 15 heavy (non-hydrogen) atoms. The highest BCUT2D eigenvalue weighted by Crippen LogP contribution is 2.36. The Bertz CT molecular complexity index is 405. The molecule has 0 amide bonds. The summed E-state index contributed by atoms with van der Waals surface area (Å²) < 4.78 is 0. The fourth-order valence-corrected chi connectivity index (χ4v) is 1.51. The van der Waals surface area contributed by atoms with Gasteiger partial charge in [0.2, 0.25) is 0 Å². The van der Waals surface area contributed by atoms with Gasteiger partial charge in [0.15, 0.2) is 0 Å². The molecule has 0 saturated heterocycles. The van der Waals surface area contributed by atoms with Gasteiger partial charge in [-0.15, -0.1) is 0 Å². The maximum absolute atomic E-state index is 10.8. The van der Waals surface area contributed by atoms with Crippen LogP contribution >= 0.6 is 11.6 Å². The van der Waals surface area contributed by atoms with Crippen molar-refractivity contribution in [2.75, 3.05) is 0 Å². The molecular formula is C11H13ClO3. The van der Waals surface area contributed by atoms with Crippen LogP contribution in [-0.2, 0) is 5.41 Å². The van der Waals surface area contributed by atoms with Gasteiger partial charge < -0.3 is 10.2 Å². The van der Waals surface area contributed by atoms with Crippen LogP contribution < -0.4 is 0 Å². The van der Waals surface area contributed by atoms with Gasteiger partial charge in [-0.05, 0) is 17.5 Å². The van der Waals surface area contributed by atoms with Crippen molar-refractivity contribution in [2.24, 2.45) is 0 Å². The average Bonchev–Trinajstić information content (AvgIpc) is 2.06. The van der Waals surface area contributed by atoms with Crippen molar-refractivity contribution >= 4 is 17.6 Å². The molecule has 0 aliphatic carbocycles. The van der Waals surface area contributed by atoms with Crippen LogP contribution in [-0.4, -0.2) is 16.2 Å². The van der Waals surface area contributed by atoms with E-state index in [-0.39, 0.29) is 21.8 Å². The van der Waals surface area contributed by atoms with Gasteiger partial charge in [0.25, 0.3) is 0 Å². The summed E-state index contributed by atoms with van der Waals surface area (Å²) in [6.45, 7) is 5.64. The lowest BCUT2D eigenvalue weighted by Crippen LogP contribution is -2.13. The maximum atomic E-state index is 10.8. The standard InChI is InChI=1S/C11H13ClO3/c1-11(2,3)7-4-6(10(14)15)5-8(12)9(7)13/h4-5,13H,1-3H3,(H,14,15). The third-order valence-electron chi connectivity index (χ3n) is 2.12. The summed E-state index contributed by atoms with van der Waals surface area (Å²) in [5.41, 5.74) is 0.272. The molecule has 0 atom stereocenters. The van der Waals surface area contributed by atoms with E-state index < -0.39 is 5.97 Å². The minimum absolute atomic E-state index is 0.0471. The van der Waals surface area contributed by atoms with Crippen LogP contribution in [0.25, 0.3) is 0 Å². The summed E-state index contributed by atoms with van der Waals surface area (Å²) in [5.74, 6) is -1.10. The molecule has 0 aliphatic heterocycles. The monoisotopic (exact) mass is 228 g/mol. The van der Waals surface area contributed by atoms with Gasteiger partial charge in [-0.2, -0.15) is 0 Å². The zero-order valence-electron chi connectivity index (χ0n) is 8.84. The molecule has 0 aromatic heterocycles. The number of carbonyl (C=O) groups is 1. The van der Waals surface area contributed by atoms with Crippen molar-refractivity contribution in [1.82, 2.24) is 0 Å². The first-order valence-corrected chi connectivity index (χ1v) is 4.87. The predicted octanol–water partition coefficient (Wildman–Crippen LogP) is 3.04. The minimum Gasteiger partial charge on any atom is -0.506 e. The number of hydrogen-bond acceptors (Lipinski definition) is 2. The number of phenolic OH excluding ortho intramolecular Hbond substituents is 1. The largest absolute Gasteiger partial charge is 0.506 e. The van der Waals surface area contributed by atoms with Crippen LogP contribution in [0.5, 0.6) is 5.75 Å². The van der Waals surface area contributed by atoms with Crippen molar-refractivity contribution < 1.29 is 15.0 Å². The highest BCUT2D eigenvalue weighted by Gasteiger charge is 2.22. The molecule has 0 fully saturated rings. The van der Waals surface area contributed by atoms with Crippen LogP contribution in [0.15, 0.2) is 12.1 Å². The van der Waals surface area contributed by atoms with E-state index in [4.69, 9.17) is 16.7 Å². The first-order valence-electron chi connectivity index (χ1n) is 4.50. The van der Waals surface area contributed by atoms with Crippen molar-refractivity contribution in [2.45, 2.75) is 26.2 Å². The Kier molecular flexibility index (Phi) is 2.95. The second kappa shape index (κ2) is 3.74. The smallest absolute Gasteiger partial charge is 0.335 e. The molecule has 0 bridgehead atoms. The molecule has 2 N–H and O–H groups in total. The zero-order chi connectivity index (χ0) is 11.8. The van der Waals surface area contributed by atoms with E-state index in [2.05, 4.69) is 0 Å². The maximum Gasteiger partial charge on any atom is 0.335 e. The van der Waals surface area contributed by atoms with Crippen LogP contribution in [0.4, 0.5) is 0 Å². The molecule has 4 heteroatoms. The highest BCUT2D eigenvalue weighted by atomic mass is 35.5. The molecular weight excluding hydrogens is 216 g/mol. The Balaban J connectivity index is 3.45. The fraction of sp³-hybridized carbons (Fsp3) is 0.364. The number of phenols is 1. The summed E-state index contributed by atoms with van der Waals surface area (Å²) in [7, 11) is 0. The molecule has 82 valence electrons. The molecule has 0 unspecified atom stereocenters. The van der Waals surface area contributed by atoms with Crippen molar-refractivity contribution in [3.05, 3.63) is 28.3 Å². The molecule has 0 radical (unpaired) electrons. The van der Waals surface area contributed by atoms with E-state index in [1.54, 1.807) is 0 Å². The van der Waals surface area contributed by atoms with Crippen molar-refractivity contribution in [3.8, 4) is 5.75 Å². The summed E-state index contributed by atoms with van der Waals surface area (Å²) in [6.07, 6.45) is 0. The number of aromatic carboxylic acids is 1. The second-order valence-corrected chi connectivity index (χ2v) is 4.82. The Hall–Kier alpha value is -1.22. The molecule has 0 spiro atoms. The van der Waals surface area contributed by atoms with Crippen LogP contribution in [0.1, 0.15) is 36.7 Å². The van der Waals surface area contributed by atoms with E-state index in [0.29, 0.717) is 5.56 Å². The molecule has 3 nitrogen and oxygen atoms in total. The highest BCUT2D eigenvalue weighted by molar-refractivity contribution is 6.32. The van der Waals surface area contributed by atoms with Gasteiger partial charge in [0.1, 0.15) is 5.75 Å². The predicted molar refractivity (Wildman–Crippen MR) is 58.8 cm³/mol. The Morgan fingerprint density at radius 1 is 1.33 bits per heavy atom. The van der Waals surface area contributed by atoms with E-state index in [9.17, 15) is 9.90 Å². The minimum atomic E-state index is -1.05. The number of rotatable bonds is 1. The molecule has 1 rings (SSSR count). The SMILES string of the molecule is CC(C)(C)c1cc(C(=O)O)cc(Cl)c1O. The number of benzene rings is 1. The van der Waals surface area contributed by atoms with Gasteiger partial charge in [0, 0.05) is 5.56 Å². The number of halogens is 1. The van der Waals surface area contributed by atoms with Gasteiger partial charge in [-0.25, -0.2) is 4.79 Å². The van der Waals surface area contributed by atoms with E-state index in [1.165, 1.54) is 12.1 Å². The van der Waals surface area contributed by atoms with E-state index >= 15 is 0 Å². The molecule has 0 saturated carbocycles. The number of aromatic hydroxyl groups is 1. The lowest BCUT2D eigenvalue weighted by Gasteiger charge is -2.21. The van der Waals surface area contributed by atoms with Gasteiger partial charge >= 0.3 is 5.97 Å². The van der Waals surface area contributed by atoms with Crippen LogP contribution in [0.3, 0.4) is 0 Å². The van der Waals surface area contributed by atoms with Gasteiger partial charge in [-0.3, -0.25) is 0 Å². The summed E-state index contributed by atoms with van der Waals surface area (Å²) in [5, 5.41) is 18.6. The average molecular weight is 229 g/mol. The van der Waals surface area contributed by atoms with Crippen molar-refractivity contribution in [3.63, 3.8) is 0 Å². The molecule has 1 aromatic carbocycles. The van der Waals surface area contributed by atoms with Gasteiger partial charge in [-0.1, -0.05) is 32.4 Å². The summed E-state index contributed by atoms with van der Waals surface area (Å²) >= 11 is 5.76. The Morgan fingerprint density at radius 3 is 2.27 bits per heavy atom. The summed E-state index contributed by atoms with van der Waals surface area (Å²) in [4.78, 5) is 10.8. The quantitative estimate of drug-likeness (QED) is 0.777. The first-order chi connectivity index (χ1) is 6.73. The van der Waals surface area contributed by atoms with Crippen molar-refractivity contribution in [1.29, 1.82) is 0 Å². The van der Waals surface area contributed by atoms with E-state index in [1.807, 2.05) is 20.8 Å². The van der Waals surface area contributed by atoms with Gasteiger partial charge in [0.05, 0.1) is 10.6 Å². The fourth-order valence-electron chi connectivity index (χ4n) is 1.29. The van der Waals surface area contributed by atoms with E-state index in [0.717, 1.165) is 0 Å². The Labute approximate surface area is 93.3 Å². The third kappa shape index (κ3) is 2.42. The normalized spacial score (nSPS) is 11.5. The molecule has 0 aliphatic rings. The zero-order valence-corrected chi connectivity index (χ0v) is 9.59.